The van der Waals surface area contributed by atoms with Gasteiger partial charge in [0.2, 0.25) is 0 Å². The van der Waals surface area contributed by atoms with E-state index >= 15 is 0 Å². The Kier molecular flexibility index (Phi) is 7.13. The predicted octanol–water partition coefficient (Wildman–Crippen LogP) is -0.104. The molecule has 24 heavy (non-hydrogen) atoms. The Labute approximate surface area is 132 Å². The number of carbonyl (C=O) groups is 1. The van der Waals surface area contributed by atoms with Crippen molar-refractivity contribution < 1.29 is 34.9 Å². The maximum atomic E-state index is 10.4. The number of hydrogen-bond donors (Lipinski definition) is 4. The molecule has 0 saturated carbocycles. The Morgan fingerprint density at radius 3 is 1.62 bits per heavy atom. The second-order valence-electron chi connectivity index (χ2n) is 4.21. The lowest BCUT2D eigenvalue weighted by Crippen LogP contribution is -2.39. The number of nitro benzene ring substituents is 3. The molecule has 14 nitrogen and oxygen atoms in total. The van der Waals surface area contributed by atoms with E-state index in [0.717, 1.165) is 0 Å². The van der Waals surface area contributed by atoms with Crippen LogP contribution in [0.4, 0.5) is 17.1 Å². The van der Waals surface area contributed by atoms with Gasteiger partial charge < -0.3 is 21.1 Å². The molecule has 2 atom stereocenters. The number of aliphatic hydroxyl groups is 1. The molecule has 0 radical (unpaired) electrons. The van der Waals surface area contributed by atoms with Crippen LogP contribution in [0.25, 0.3) is 0 Å². The highest BCUT2D eigenvalue weighted by Crippen LogP contribution is 2.38. The van der Waals surface area contributed by atoms with Crippen LogP contribution in [0.5, 0.6) is 5.75 Å². The minimum Gasteiger partial charge on any atom is -0.497 e. The SMILES string of the molecule is C[C@@H](O)[C@H](N)C(=O)O.O=[N+]([O-])c1cc([N+](=O)[O-])c(O)c([N+](=O)[O-])c1. The second-order valence-corrected chi connectivity index (χ2v) is 4.21. The smallest absolute Gasteiger partial charge is 0.324 e. The average molecular weight is 348 g/mol. The molecule has 0 aliphatic heterocycles. The van der Waals surface area contributed by atoms with Crippen LogP contribution in [0.2, 0.25) is 0 Å². The van der Waals surface area contributed by atoms with Crippen molar-refractivity contribution in [2.24, 2.45) is 5.73 Å². The summed E-state index contributed by atoms with van der Waals surface area (Å²) < 4.78 is 0. The number of carboxylic acid groups (broad SMARTS) is 1. The van der Waals surface area contributed by atoms with Crippen molar-refractivity contribution in [2.75, 3.05) is 0 Å². The fourth-order valence-corrected chi connectivity index (χ4v) is 1.18. The maximum absolute atomic E-state index is 10.4. The van der Waals surface area contributed by atoms with Gasteiger partial charge in [0.25, 0.3) is 11.4 Å². The van der Waals surface area contributed by atoms with Crippen molar-refractivity contribution in [2.45, 2.75) is 19.1 Å². The van der Waals surface area contributed by atoms with Crippen LogP contribution in [-0.2, 0) is 4.79 Å². The van der Waals surface area contributed by atoms with E-state index in [1.807, 2.05) is 0 Å². The highest BCUT2D eigenvalue weighted by Gasteiger charge is 2.30. The Balaban J connectivity index is 0.000000561. The lowest BCUT2D eigenvalue weighted by molar-refractivity contribution is -0.404. The van der Waals surface area contributed by atoms with Crippen molar-refractivity contribution >= 4 is 23.0 Å². The van der Waals surface area contributed by atoms with Gasteiger partial charge in [0.1, 0.15) is 6.04 Å². The van der Waals surface area contributed by atoms with Gasteiger partial charge in [0.05, 0.1) is 33.0 Å². The Bertz CT molecular complexity index is 639. The molecule has 0 unspecified atom stereocenters. The third-order valence-electron chi connectivity index (χ3n) is 2.46. The van der Waals surface area contributed by atoms with Crippen molar-refractivity contribution in [3.63, 3.8) is 0 Å². The minimum atomic E-state index is -1.21. The van der Waals surface area contributed by atoms with E-state index in [2.05, 4.69) is 0 Å². The summed E-state index contributed by atoms with van der Waals surface area (Å²) in [5.41, 5.74) is 1.91. The van der Waals surface area contributed by atoms with E-state index in [-0.39, 0.29) is 0 Å². The molecular weight excluding hydrogens is 336 g/mol. The molecule has 0 aromatic heterocycles. The molecule has 14 heteroatoms. The predicted molar refractivity (Wildman–Crippen MR) is 75.4 cm³/mol. The summed E-state index contributed by atoms with van der Waals surface area (Å²) in [6.07, 6.45) is -0.979. The number of benzene rings is 1. The highest BCUT2D eigenvalue weighted by atomic mass is 16.6. The summed E-state index contributed by atoms with van der Waals surface area (Å²) in [5, 5.41) is 56.8. The number of phenolic OH excluding ortho intramolecular Hbond substituents is 1. The largest absolute Gasteiger partial charge is 0.497 e. The number of carboxylic acids is 1. The Morgan fingerprint density at radius 1 is 1.08 bits per heavy atom. The summed E-state index contributed by atoms with van der Waals surface area (Å²) in [6, 6.07) is -0.264. The van der Waals surface area contributed by atoms with Crippen molar-refractivity contribution in [1.82, 2.24) is 0 Å². The summed E-state index contributed by atoms with van der Waals surface area (Å²) in [7, 11) is 0. The van der Waals surface area contributed by atoms with E-state index in [1.165, 1.54) is 6.92 Å². The van der Waals surface area contributed by atoms with Gasteiger partial charge >= 0.3 is 17.3 Å². The molecule has 0 heterocycles. The summed E-state index contributed by atoms with van der Waals surface area (Å²) in [6.45, 7) is 1.33. The van der Waals surface area contributed by atoms with Crippen LogP contribution >= 0.6 is 0 Å². The second kappa shape index (κ2) is 8.30. The number of nitrogens with two attached hydrogens (primary N) is 1. The normalized spacial score (nSPS) is 12.3. The van der Waals surface area contributed by atoms with E-state index < -0.39 is 55.7 Å². The van der Waals surface area contributed by atoms with Crippen LogP contribution in [0.1, 0.15) is 6.92 Å². The molecule has 0 spiro atoms. The maximum Gasteiger partial charge on any atom is 0.324 e. The van der Waals surface area contributed by atoms with Crippen molar-refractivity contribution in [3.8, 4) is 5.75 Å². The number of rotatable bonds is 5. The van der Waals surface area contributed by atoms with Crippen molar-refractivity contribution in [3.05, 3.63) is 42.5 Å². The molecule has 0 aliphatic rings. The zero-order valence-electron chi connectivity index (χ0n) is 11.9. The number of non-ortho nitro benzene ring substituents is 1. The van der Waals surface area contributed by atoms with Crippen LogP contribution in [-0.4, -0.2) is 48.2 Å². The lowest BCUT2D eigenvalue weighted by Gasteiger charge is -2.06. The van der Waals surface area contributed by atoms with E-state index in [4.69, 9.17) is 21.1 Å². The third kappa shape index (κ3) is 5.43. The van der Waals surface area contributed by atoms with Gasteiger partial charge in [-0.1, -0.05) is 0 Å². The third-order valence-corrected chi connectivity index (χ3v) is 2.46. The first-order valence-electron chi connectivity index (χ1n) is 5.86. The number of aromatic hydroxyl groups is 1. The van der Waals surface area contributed by atoms with Gasteiger partial charge in [-0.2, -0.15) is 0 Å². The summed E-state index contributed by atoms with van der Waals surface area (Å²) >= 11 is 0. The highest BCUT2D eigenvalue weighted by molar-refractivity contribution is 5.73. The number of aliphatic hydroxyl groups excluding tert-OH is 1. The molecule has 0 aliphatic carbocycles. The molecule has 0 amide bonds. The minimum absolute atomic E-state index is 0.447. The fourth-order valence-electron chi connectivity index (χ4n) is 1.18. The van der Waals surface area contributed by atoms with E-state index in [0.29, 0.717) is 12.1 Å². The molecular formula is C10H12N4O10. The zero-order valence-corrected chi connectivity index (χ0v) is 11.9. The van der Waals surface area contributed by atoms with Gasteiger partial charge in [-0.05, 0) is 6.92 Å². The molecule has 1 aromatic rings. The summed E-state index contributed by atoms with van der Waals surface area (Å²) in [5.74, 6) is -2.39. The number of nitro groups is 3. The average Bonchev–Trinajstić information content (AvgIpc) is 2.45. The monoisotopic (exact) mass is 348 g/mol. The molecule has 5 N–H and O–H groups in total. The standard InChI is InChI=1S/C6H3N3O7.C4H9NO3/c10-6-4(8(13)14)1-3(7(11)12)2-5(6)9(15)16;1-2(6)3(5)4(7)8/h1-2,10H;2-3,6H,5H2,1H3,(H,7,8)/t;2-,3+/m.1/s1. The van der Waals surface area contributed by atoms with E-state index in [9.17, 15) is 35.1 Å². The van der Waals surface area contributed by atoms with Crippen LogP contribution in [0.3, 0.4) is 0 Å². The molecule has 1 rings (SSSR count). The first-order valence-corrected chi connectivity index (χ1v) is 5.86. The topological polar surface area (TPSA) is 233 Å². The Morgan fingerprint density at radius 2 is 1.46 bits per heavy atom. The molecule has 1 aromatic carbocycles. The number of hydrogen-bond acceptors (Lipinski definition) is 10. The van der Waals surface area contributed by atoms with Gasteiger partial charge in [-0.25, -0.2) is 0 Å². The van der Waals surface area contributed by atoms with Crippen LogP contribution in [0, 0.1) is 30.3 Å². The van der Waals surface area contributed by atoms with Gasteiger partial charge in [-0.15, -0.1) is 0 Å². The van der Waals surface area contributed by atoms with Gasteiger partial charge in [0.15, 0.2) is 0 Å². The number of aliphatic carboxylic acids is 1. The first-order chi connectivity index (χ1) is 10.9. The van der Waals surface area contributed by atoms with Crippen LogP contribution in [0.15, 0.2) is 12.1 Å². The quantitative estimate of drug-likeness (QED) is 0.404. The van der Waals surface area contributed by atoms with E-state index in [1.54, 1.807) is 0 Å². The number of phenols is 1. The summed E-state index contributed by atoms with van der Waals surface area (Å²) in [4.78, 5) is 37.6. The Hall–Kier alpha value is -3.39. The fraction of sp³-hybridized carbons (Fsp3) is 0.300. The lowest BCUT2D eigenvalue weighted by atomic mass is 10.2. The van der Waals surface area contributed by atoms with Gasteiger partial charge in [-0.3, -0.25) is 35.1 Å². The molecule has 0 fully saturated rings. The zero-order chi connectivity index (χ0) is 19.2. The molecule has 0 saturated heterocycles. The molecule has 0 bridgehead atoms. The van der Waals surface area contributed by atoms with Crippen molar-refractivity contribution in [1.29, 1.82) is 0 Å². The van der Waals surface area contributed by atoms with Gasteiger partial charge in [0, 0.05) is 0 Å². The molecule has 132 valence electrons. The van der Waals surface area contributed by atoms with Crippen LogP contribution < -0.4 is 5.73 Å². The number of nitrogens with zero attached hydrogens (tertiary/aromatic N) is 3. The first kappa shape index (κ1) is 20.6.